The number of nitrogens with zero attached hydrogens (tertiary/aromatic N) is 3. The van der Waals surface area contributed by atoms with E-state index in [0.29, 0.717) is 0 Å². The third kappa shape index (κ3) is 6.08. The highest BCUT2D eigenvalue weighted by atomic mass is 16.5. The molecule has 1 aromatic heterocycles. The van der Waals surface area contributed by atoms with Gasteiger partial charge in [-0.25, -0.2) is 4.98 Å². The van der Waals surface area contributed by atoms with Crippen LogP contribution in [-0.4, -0.2) is 62.2 Å². The molecule has 0 saturated carbocycles. The third-order valence-corrected chi connectivity index (χ3v) is 4.77. The molecule has 0 aliphatic carbocycles. The maximum absolute atomic E-state index is 8.93. The van der Waals surface area contributed by atoms with E-state index in [1.165, 1.54) is 5.56 Å². The molecule has 0 amide bonds. The maximum atomic E-state index is 8.93. The summed E-state index contributed by atoms with van der Waals surface area (Å²) in [5, 5.41) is 17.9. The summed E-state index contributed by atoms with van der Waals surface area (Å²) in [5.41, 5.74) is 2.27. The zero-order chi connectivity index (χ0) is 22.1. The van der Waals surface area contributed by atoms with Gasteiger partial charge in [0, 0.05) is 50.0 Å². The lowest BCUT2D eigenvalue weighted by molar-refractivity contribution is -0.345. The van der Waals surface area contributed by atoms with Crippen molar-refractivity contribution in [1.29, 1.82) is 0 Å². The molecule has 0 spiro atoms. The van der Waals surface area contributed by atoms with Crippen molar-refractivity contribution in [3.05, 3.63) is 47.7 Å². The van der Waals surface area contributed by atoms with Crippen LogP contribution in [0.1, 0.15) is 11.1 Å². The van der Waals surface area contributed by atoms with Crippen LogP contribution in [-0.2, 0) is 16.1 Å². The van der Waals surface area contributed by atoms with E-state index < -0.39 is 11.9 Å². The van der Waals surface area contributed by atoms with Crippen molar-refractivity contribution >= 4 is 17.8 Å². The quantitative estimate of drug-likeness (QED) is 0.579. The van der Waals surface area contributed by atoms with Crippen molar-refractivity contribution in [3.63, 3.8) is 0 Å². The van der Waals surface area contributed by atoms with Gasteiger partial charge in [0.05, 0.1) is 26.2 Å². The summed E-state index contributed by atoms with van der Waals surface area (Å²) in [6, 6.07) is 10.2. The van der Waals surface area contributed by atoms with Crippen LogP contribution in [0.5, 0.6) is 11.5 Å². The van der Waals surface area contributed by atoms with E-state index in [-0.39, 0.29) is 0 Å². The predicted octanol–water partition coefficient (Wildman–Crippen LogP) is -0.784. The van der Waals surface area contributed by atoms with Crippen LogP contribution >= 0.6 is 0 Å². The molecule has 162 valence electrons. The molecule has 0 atom stereocenters. The molecular weight excluding hydrogens is 390 g/mol. The Hall–Kier alpha value is -3.33. The lowest BCUT2D eigenvalue weighted by atomic mass is 10.1. The SMILES string of the molecule is COc1ccc(CN2CCN(c3ccccn3)CC2)c(OC)c1C.O=C([O-])C(=O)[O-]. The van der Waals surface area contributed by atoms with Crippen molar-refractivity contribution in [2.24, 2.45) is 0 Å². The number of hydrogen-bond donors (Lipinski definition) is 0. The van der Waals surface area contributed by atoms with Crippen molar-refractivity contribution in [2.45, 2.75) is 13.5 Å². The molecule has 1 aliphatic heterocycles. The number of carbonyl (C=O) groups is 2. The zero-order valence-corrected chi connectivity index (χ0v) is 17.3. The Morgan fingerprint density at radius 1 is 1.00 bits per heavy atom. The van der Waals surface area contributed by atoms with Gasteiger partial charge in [-0.3, -0.25) is 4.90 Å². The standard InChI is InChI=1S/C19H25N3O2.C2H2O4/c1-15-17(23-2)8-7-16(19(15)24-3)14-21-10-12-22(13-11-21)18-6-4-5-9-20-18;3-1(4)2(5)6/h4-9H,10-14H2,1-3H3;(H,3,4)(H,5,6)/p-2. The van der Waals surface area contributed by atoms with Crippen LogP contribution in [0.15, 0.2) is 36.5 Å². The van der Waals surface area contributed by atoms with Gasteiger partial charge in [-0.2, -0.15) is 0 Å². The molecule has 1 saturated heterocycles. The first-order valence-electron chi connectivity index (χ1n) is 9.38. The van der Waals surface area contributed by atoms with Crippen LogP contribution in [0, 0.1) is 6.92 Å². The summed E-state index contributed by atoms with van der Waals surface area (Å²) in [5.74, 6) is -1.50. The van der Waals surface area contributed by atoms with Gasteiger partial charge in [0.15, 0.2) is 0 Å². The molecule has 1 aromatic carbocycles. The van der Waals surface area contributed by atoms with Gasteiger partial charge in [-0.05, 0) is 25.1 Å². The molecule has 0 N–H and O–H groups in total. The van der Waals surface area contributed by atoms with Gasteiger partial charge in [-0.1, -0.05) is 12.1 Å². The molecule has 0 unspecified atom stereocenters. The average molecular weight is 415 g/mol. The summed E-state index contributed by atoms with van der Waals surface area (Å²) in [6.07, 6.45) is 1.85. The lowest BCUT2D eigenvalue weighted by Crippen LogP contribution is -2.46. The number of methoxy groups -OCH3 is 2. The fourth-order valence-electron chi connectivity index (χ4n) is 3.28. The number of anilines is 1. The van der Waals surface area contributed by atoms with Crippen molar-refractivity contribution in [2.75, 3.05) is 45.3 Å². The minimum absolute atomic E-state index is 0.871. The second-order valence-electron chi connectivity index (χ2n) is 6.61. The lowest BCUT2D eigenvalue weighted by Gasteiger charge is -2.35. The van der Waals surface area contributed by atoms with Crippen molar-refractivity contribution < 1.29 is 29.3 Å². The van der Waals surface area contributed by atoms with Gasteiger partial charge >= 0.3 is 0 Å². The first-order valence-corrected chi connectivity index (χ1v) is 9.38. The summed E-state index contributed by atoms with van der Waals surface area (Å²) in [7, 11) is 3.42. The average Bonchev–Trinajstić information content (AvgIpc) is 2.75. The number of aromatic nitrogens is 1. The fourth-order valence-corrected chi connectivity index (χ4v) is 3.28. The van der Waals surface area contributed by atoms with Crippen molar-refractivity contribution in [1.82, 2.24) is 9.88 Å². The molecule has 1 fully saturated rings. The number of carboxylic acids is 2. The Morgan fingerprint density at radius 2 is 1.67 bits per heavy atom. The van der Waals surface area contributed by atoms with Gasteiger partial charge in [0.1, 0.15) is 17.3 Å². The summed E-state index contributed by atoms with van der Waals surface area (Å²) in [4.78, 5) is 27.1. The Kier molecular flexibility index (Phi) is 8.42. The van der Waals surface area contributed by atoms with E-state index in [4.69, 9.17) is 29.3 Å². The molecule has 0 radical (unpaired) electrons. The predicted molar refractivity (Wildman–Crippen MR) is 106 cm³/mol. The molecule has 1 aliphatic rings. The van der Waals surface area contributed by atoms with E-state index >= 15 is 0 Å². The number of pyridine rings is 1. The second-order valence-corrected chi connectivity index (χ2v) is 6.61. The number of piperazine rings is 1. The molecule has 3 rings (SSSR count). The normalized spacial score (nSPS) is 13.8. The number of benzene rings is 1. The highest BCUT2D eigenvalue weighted by Crippen LogP contribution is 2.32. The van der Waals surface area contributed by atoms with Gasteiger partial charge in [-0.15, -0.1) is 0 Å². The molecule has 2 aromatic rings. The summed E-state index contributed by atoms with van der Waals surface area (Å²) in [6.45, 7) is 6.96. The Labute approximate surface area is 175 Å². The van der Waals surface area contributed by atoms with Crippen LogP contribution in [0.25, 0.3) is 0 Å². The van der Waals surface area contributed by atoms with Gasteiger partial charge in [0.25, 0.3) is 0 Å². The van der Waals surface area contributed by atoms with Crippen molar-refractivity contribution in [3.8, 4) is 11.5 Å². The molecular formula is C21H25N3O6-2. The molecule has 9 heteroatoms. The minimum Gasteiger partial charge on any atom is -0.543 e. The Morgan fingerprint density at radius 3 is 2.17 bits per heavy atom. The van der Waals surface area contributed by atoms with E-state index in [2.05, 4.69) is 26.9 Å². The number of carbonyl (C=O) groups excluding carboxylic acids is 2. The van der Waals surface area contributed by atoms with Gasteiger partial charge < -0.3 is 34.2 Å². The topological polar surface area (TPSA) is 118 Å². The Balaban J connectivity index is 0.000000469. The van der Waals surface area contributed by atoms with E-state index in [1.807, 2.05) is 31.3 Å². The fraction of sp³-hybridized carbons (Fsp3) is 0.381. The van der Waals surface area contributed by atoms with Crippen LogP contribution < -0.4 is 24.6 Å². The summed E-state index contributed by atoms with van der Waals surface area (Å²) < 4.78 is 11.0. The van der Waals surface area contributed by atoms with Crippen LogP contribution in [0.3, 0.4) is 0 Å². The number of carboxylic acid groups (broad SMARTS) is 2. The van der Waals surface area contributed by atoms with E-state index in [9.17, 15) is 0 Å². The third-order valence-electron chi connectivity index (χ3n) is 4.77. The Bertz CT molecular complexity index is 839. The number of hydrogen-bond acceptors (Lipinski definition) is 9. The minimum atomic E-state index is -2.19. The second kappa shape index (κ2) is 11.0. The first kappa shape index (κ1) is 23.0. The van der Waals surface area contributed by atoms with Crippen LogP contribution in [0.4, 0.5) is 5.82 Å². The largest absolute Gasteiger partial charge is 0.543 e. The van der Waals surface area contributed by atoms with Gasteiger partial charge in [0.2, 0.25) is 0 Å². The van der Waals surface area contributed by atoms with Crippen LogP contribution in [0.2, 0.25) is 0 Å². The first-order chi connectivity index (χ1) is 14.4. The van der Waals surface area contributed by atoms with E-state index in [0.717, 1.165) is 55.6 Å². The number of aliphatic carboxylic acids is 2. The smallest absolute Gasteiger partial charge is 0.129 e. The molecule has 9 nitrogen and oxygen atoms in total. The highest BCUT2D eigenvalue weighted by Gasteiger charge is 2.20. The number of ether oxygens (including phenoxy) is 2. The van der Waals surface area contributed by atoms with E-state index in [1.54, 1.807) is 14.2 Å². The highest BCUT2D eigenvalue weighted by molar-refractivity contribution is 6.25. The molecule has 2 heterocycles. The molecule has 0 bridgehead atoms. The maximum Gasteiger partial charge on any atom is 0.129 e. The monoisotopic (exact) mass is 415 g/mol. The number of rotatable bonds is 5. The molecule has 30 heavy (non-hydrogen) atoms. The zero-order valence-electron chi connectivity index (χ0n) is 17.3. The summed E-state index contributed by atoms with van der Waals surface area (Å²) >= 11 is 0.